The fraction of sp³-hybridized carbons (Fsp3) is 0.545. The van der Waals surface area contributed by atoms with Crippen LogP contribution in [-0.4, -0.2) is 9.78 Å². The third kappa shape index (κ3) is 2.80. The molecule has 0 saturated heterocycles. The molecule has 1 N–H and O–H groups in total. The lowest BCUT2D eigenvalue weighted by Gasteiger charge is -2.56. The van der Waals surface area contributed by atoms with E-state index in [-0.39, 0.29) is 16.1 Å². The van der Waals surface area contributed by atoms with Crippen LogP contribution in [0.25, 0.3) is 0 Å². The van der Waals surface area contributed by atoms with Gasteiger partial charge in [-0.1, -0.05) is 29.3 Å². The van der Waals surface area contributed by atoms with Crippen LogP contribution >= 0.6 is 11.6 Å². The highest BCUT2D eigenvalue weighted by Crippen LogP contribution is 2.58. The van der Waals surface area contributed by atoms with Crippen molar-refractivity contribution in [2.45, 2.75) is 57.9 Å². The number of aromatic nitrogens is 2. The van der Waals surface area contributed by atoms with Crippen LogP contribution in [0.15, 0.2) is 29.2 Å². The number of nitrogens with zero attached hydrogens (tertiary/aromatic N) is 2. The maximum Gasteiger partial charge on any atom is 0.288 e. The van der Waals surface area contributed by atoms with Gasteiger partial charge in [-0.05, 0) is 81.8 Å². The molecule has 0 radical (unpaired) electrons. The molecule has 6 rings (SSSR count). The fourth-order valence-electron chi connectivity index (χ4n) is 6.28. The molecule has 4 aliphatic carbocycles. The summed E-state index contributed by atoms with van der Waals surface area (Å²) in [6, 6.07) is 6.18. The van der Waals surface area contributed by atoms with Gasteiger partial charge < -0.3 is 5.32 Å². The molecule has 4 fully saturated rings. The first-order valence-electron chi connectivity index (χ1n) is 10.1. The number of benzene rings is 1. The number of hydrogen-bond donors (Lipinski definition) is 1. The Hall–Kier alpha value is -1.81. The van der Waals surface area contributed by atoms with Crippen molar-refractivity contribution in [2.24, 2.45) is 17.8 Å². The molecule has 0 amide bonds. The van der Waals surface area contributed by atoms with E-state index in [2.05, 4.69) is 23.4 Å². The van der Waals surface area contributed by atoms with E-state index < -0.39 is 0 Å². The zero-order valence-electron chi connectivity index (χ0n) is 16.0. The Balaban J connectivity index is 1.50. The van der Waals surface area contributed by atoms with Crippen molar-refractivity contribution in [1.29, 1.82) is 0 Å². The Kier molecular flexibility index (Phi) is 3.91. The van der Waals surface area contributed by atoms with Gasteiger partial charge in [-0.2, -0.15) is 5.10 Å². The van der Waals surface area contributed by atoms with E-state index in [1.165, 1.54) is 24.8 Å². The average Bonchev–Trinajstić information content (AvgIpc) is 2.60. The van der Waals surface area contributed by atoms with E-state index in [1.807, 2.05) is 19.1 Å². The van der Waals surface area contributed by atoms with Gasteiger partial charge in [0, 0.05) is 5.69 Å². The molecule has 1 aromatic heterocycles. The van der Waals surface area contributed by atoms with Crippen molar-refractivity contribution in [3.8, 4) is 0 Å². The van der Waals surface area contributed by atoms with Gasteiger partial charge in [-0.3, -0.25) is 4.79 Å². The lowest BCUT2D eigenvalue weighted by molar-refractivity contribution is -0.0518. The minimum Gasteiger partial charge on any atom is -0.353 e. The van der Waals surface area contributed by atoms with Crippen LogP contribution in [0.5, 0.6) is 0 Å². The summed E-state index contributed by atoms with van der Waals surface area (Å²) in [5.41, 5.74) is 3.63. The van der Waals surface area contributed by atoms with Gasteiger partial charge >= 0.3 is 0 Å². The molecule has 5 heteroatoms. The summed E-state index contributed by atoms with van der Waals surface area (Å²) in [6.45, 7) is 4.12. The topological polar surface area (TPSA) is 46.9 Å². The molecule has 142 valence electrons. The fourth-order valence-corrected chi connectivity index (χ4v) is 6.46. The molecule has 27 heavy (non-hydrogen) atoms. The number of rotatable bonds is 3. The van der Waals surface area contributed by atoms with Gasteiger partial charge in [0.15, 0.2) is 0 Å². The molecule has 0 unspecified atom stereocenters. The molecule has 4 bridgehead atoms. The van der Waals surface area contributed by atoms with Gasteiger partial charge in [0.2, 0.25) is 0 Å². The number of hydrogen-bond acceptors (Lipinski definition) is 3. The molecule has 0 spiro atoms. The number of anilines is 2. The van der Waals surface area contributed by atoms with Crippen LogP contribution in [0, 0.1) is 31.6 Å². The summed E-state index contributed by atoms with van der Waals surface area (Å²) in [4.78, 5) is 13.2. The highest BCUT2D eigenvalue weighted by molar-refractivity contribution is 6.33. The molecule has 0 atom stereocenters. The van der Waals surface area contributed by atoms with E-state index in [0.29, 0.717) is 5.69 Å². The van der Waals surface area contributed by atoms with Crippen molar-refractivity contribution in [3.63, 3.8) is 0 Å². The minimum atomic E-state index is -0.145. The quantitative estimate of drug-likeness (QED) is 0.794. The second kappa shape index (κ2) is 6.10. The van der Waals surface area contributed by atoms with Crippen molar-refractivity contribution >= 4 is 23.0 Å². The van der Waals surface area contributed by atoms with Crippen LogP contribution in [0.3, 0.4) is 0 Å². The predicted octanol–water partition coefficient (Wildman–Crippen LogP) is 5.18. The van der Waals surface area contributed by atoms with E-state index >= 15 is 0 Å². The van der Waals surface area contributed by atoms with E-state index in [9.17, 15) is 4.79 Å². The second-order valence-corrected chi connectivity index (χ2v) is 9.55. The first kappa shape index (κ1) is 17.3. The molecule has 1 heterocycles. The van der Waals surface area contributed by atoms with Crippen LogP contribution in [0.2, 0.25) is 5.02 Å². The molecular formula is C22H26ClN3O. The van der Waals surface area contributed by atoms with Gasteiger partial charge in [0.1, 0.15) is 5.02 Å². The molecule has 4 saturated carbocycles. The number of halogens is 1. The van der Waals surface area contributed by atoms with E-state index in [4.69, 9.17) is 11.6 Å². The summed E-state index contributed by atoms with van der Waals surface area (Å²) in [5.74, 6) is 2.28. The van der Waals surface area contributed by atoms with Crippen LogP contribution < -0.4 is 10.9 Å². The summed E-state index contributed by atoms with van der Waals surface area (Å²) in [6.07, 6.45) is 9.03. The maximum atomic E-state index is 13.2. The van der Waals surface area contributed by atoms with E-state index in [1.54, 1.807) is 10.9 Å². The van der Waals surface area contributed by atoms with Gasteiger partial charge in [0.25, 0.3) is 5.56 Å². The summed E-state index contributed by atoms with van der Waals surface area (Å²) >= 11 is 6.54. The van der Waals surface area contributed by atoms with Crippen molar-refractivity contribution in [1.82, 2.24) is 9.78 Å². The molecule has 0 aliphatic heterocycles. The Morgan fingerprint density at radius 2 is 1.70 bits per heavy atom. The number of nitrogens with one attached hydrogen (secondary N) is 1. The Labute approximate surface area is 164 Å². The highest BCUT2D eigenvalue weighted by atomic mass is 35.5. The normalized spacial score (nSPS) is 31.3. The summed E-state index contributed by atoms with van der Waals surface area (Å²) in [5, 5.41) is 8.18. The van der Waals surface area contributed by atoms with Gasteiger partial charge in [-0.25, -0.2) is 4.68 Å². The van der Waals surface area contributed by atoms with Crippen LogP contribution in [0.4, 0.5) is 11.4 Å². The average molecular weight is 384 g/mol. The van der Waals surface area contributed by atoms with Crippen molar-refractivity contribution in [2.75, 3.05) is 5.32 Å². The number of aryl methyl sites for hydroxylation is 2. The summed E-state index contributed by atoms with van der Waals surface area (Å²) < 4.78 is 1.74. The lowest BCUT2D eigenvalue weighted by atomic mass is 9.53. The van der Waals surface area contributed by atoms with Gasteiger partial charge in [0.05, 0.1) is 17.4 Å². The van der Waals surface area contributed by atoms with Gasteiger partial charge in [-0.15, -0.1) is 0 Å². The van der Waals surface area contributed by atoms with Crippen LogP contribution in [0.1, 0.15) is 49.7 Å². The maximum absolute atomic E-state index is 13.2. The molecule has 4 aliphatic rings. The zero-order valence-corrected chi connectivity index (χ0v) is 16.7. The van der Waals surface area contributed by atoms with E-state index in [0.717, 1.165) is 48.3 Å². The Morgan fingerprint density at radius 1 is 1.07 bits per heavy atom. The standard InChI is InChI=1S/C22H26ClN3O/c1-13-3-4-18(14(2)5-13)25-19-12-24-26(21(27)20(19)23)22-9-15-6-16(10-22)8-17(7-15)11-22/h3-5,12,15-17,25H,6-11H2,1-2H3. The third-order valence-corrected chi connectivity index (χ3v) is 7.39. The molecule has 1 aromatic carbocycles. The molecule has 4 nitrogen and oxygen atoms in total. The minimum absolute atomic E-state index is 0.103. The Bertz CT molecular complexity index is 929. The SMILES string of the molecule is Cc1ccc(Nc2cnn(C34CC5CC(CC(C5)C3)C4)c(=O)c2Cl)c(C)c1. The smallest absolute Gasteiger partial charge is 0.288 e. The largest absolute Gasteiger partial charge is 0.353 e. The Morgan fingerprint density at radius 3 is 2.30 bits per heavy atom. The lowest BCUT2D eigenvalue weighted by Crippen LogP contribution is -2.55. The van der Waals surface area contributed by atoms with Crippen molar-refractivity contribution in [3.05, 3.63) is 50.9 Å². The van der Waals surface area contributed by atoms with Crippen molar-refractivity contribution < 1.29 is 0 Å². The zero-order chi connectivity index (χ0) is 18.8. The second-order valence-electron chi connectivity index (χ2n) is 9.17. The highest BCUT2D eigenvalue weighted by Gasteiger charge is 2.53. The molecule has 2 aromatic rings. The first-order valence-corrected chi connectivity index (χ1v) is 10.4. The molecular weight excluding hydrogens is 358 g/mol. The summed E-state index contributed by atoms with van der Waals surface area (Å²) in [7, 11) is 0. The monoisotopic (exact) mass is 383 g/mol. The predicted molar refractivity (Wildman–Crippen MR) is 109 cm³/mol. The third-order valence-electron chi connectivity index (χ3n) is 7.03. The van der Waals surface area contributed by atoms with Crippen LogP contribution in [-0.2, 0) is 5.54 Å². The first-order chi connectivity index (χ1) is 12.9.